The van der Waals surface area contributed by atoms with Gasteiger partial charge in [0.15, 0.2) is 11.5 Å². The first-order valence-corrected chi connectivity index (χ1v) is 8.41. The minimum atomic E-state index is -4.26. The van der Waals surface area contributed by atoms with Crippen molar-refractivity contribution in [2.75, 3.05) is 5.73 Å². The lowest BCUT2D eigenvalue weighted by Gasteiger charge is -2.09. The summed E-state index contributed by atoms with van der Waals surface area (Å²) >= 11 is 0. The van der Waals surface area contributed by atoms with Gasteiger partial charge in [-0.3, -0.25) is 20.2 Å². The van der Waals surface area contributed by atoms with Crippen molar-refractivity contribution in [3.8, 4) is 11.5 Å². The lowest BCUT2D eigenvalue weighted by molar-refractivity contribution is -0.108. The summed E-state index contributed by atoms with van der Waals surface area (Å²) in [7, 11) is -4.26. The molecule has 136 valence electrons. The molecule has 11 heteroatoms. The Kier molecular flexibility index (Phi) is 5.42. The van der Waals surface area contributed by atoms with E-state index in [2.05, 4.69) is 4.40 Å². The van der Waals surface area contributed by atoms with Crippen LogP contribution in [0.5, 0.6) is 11.5 Å². The van der Waals surface area contributed by atoms with Crippen LogP contribution in [-0.4, -0.2) is 36.9 Å². The lowest BCUT2D eigenvalue weighted by Crippen LogP contribution is -2.41. The van der Waals surface area contributed by atoms with Crippen LogP contribution in [0.1, 0.15) is 10.4 Å². The second-order valence-electron chi connectivity index (χ2n) is 4.87. The van der Waals surface area contributed by atoms with Gasteiger partial charge in [0.25, 0.3) is 15.9 Å². The highest BCUT2D eigenvalue weighted by atomic mass is 32.2. The molecular weight excluding hydrogens is 364 g/mol. The van der Waals surface area contributed by atoms with E-state index in [4.69, 9.17) is 5.73 Å². The fraction of sp³-hybridized carbons (Fsp3) is 0. The number of hydrogen-bond donors (Lipinski definition) is 5. The van der Waals surface area contributed by atoms with Gasteiger partial charge in [-0.15, -0.1) is 4.40 Å². The Labute approximate surface area is 148 Å². The number of nitrogens with zero attached hydrogens (tertiary/aromatic N) is 1. The number of para-hydroxylation sites is 1. The highest BCUT2D eigenvalue weighted by Gasteiger charge is 2.19. The number of sulfonamides is 1. The topological polar surface area (TPSA) is 171 Å². The number of rotatable bonds is 4. The molecule has 0 aliphatic heterocycles. The number of nitrogen functional groups attached to an aromatic ring is 1. The van der Waals surface area contributed by atoms with Gasteiger partial charge in [0, 0.05) is 5.69 Å². The maximum Gasteiger partial charge on any atom is 0.285 e. The predicted molar refractivity (Wildman–Crippen MR) is 91.9 cm³/mol. The van der Waals surface area contributed by atoms with E-state index < -0.39 is 33.4 Å². The fourth-order valence-corrected chi connectivity index (χ4v) is 2.77. The van der Waals surface area contributed by atoms with Crippen LogP contribution in [0.25, 0.3) is 0 Å². The molecule has 0 heterocycles. The number of anilines is 1. The average Bonchev–Trinajstić information content (AvgIpc) is 2.57. The molecule has 2 aromatic rings. The molecular formula is C15H14N4O6S. The van der Waals surface area contributed by atoms with Gasteiger partial charge in [-0.1, -0.05) is 6.07 Å². The Hall–Kier alpha value is -3.60. The zero-order chi connectivity index (χ0) is 19.3. The van der Waals surface area contributed by atoms with E-state index >= 15 is 0 Å². The van der Waals surface area contributed by atoms with Crippen LogP contribution in [0.2, 0.25) is 0 Å². The first-order valence-electron chi connectivity index (χ1n) is 6.97. The Morgan fingerprint density at radius 2 is 1.77 bits per heavy atom. The van der Waals surface area contributed by atoms with E-state index in [0.717, 1.165) is 6.07 Å². The molecule has 0 aliphatic carbocycles. The molecule has 0 saturated heterocycles. The number of guanidine groups is 1. The Morgan fingerprint density at radius 1 is 1.12 bits per heavy atom. The molecule has 6 N–H and O–H groups in total. The second kappa shape index (κ2) is 7.53. The summed E-state index contributed by atoms with van der Waals surface area (Å²) in [5.41, 5.74) is 5.47. The number of phenolic OH excluding ortho intramolecular Hbond substituents is 2. The van der Waals surface area contributed by atoms with Gasteiger partial charge < -0.3 is 15.9 Å². The molecule has 10 nitrogen and oxygen atoms in total. The van der Waals surface area contributed by atoms with Crippen molar-refractivity contribution in [2.24, 2.45) is 4.40 Å². The third kappa shape index (κ3) is 4.27. The number of amides is 2. The van der Waals surface area contributed by atoms with Crippen LogP contribution in [0.3, 0.4) is 0 Å². The van der Waals surface area contributed by atoms with Crippen molar-refractivity contribution in [3.63, 3.8) is 0 Å². The zero-order valence-electron chi connectivity index (χ0n) is 13.1. The van der Waals surface area contributed by atoms with Gasteiger partial charge in [-0.2, -0.15) is 8.42 Å². The largest absolute Gasteiger partial charge is 0.504 e. The number of carbonyl (C=O) groups excluding carboxylic acids is 2. The molecule has 0 saturated carbocycles. The standard InChI is InChI=1S/C15H14N4O6S/c16-9-4-6-10(7-5-9)26(24,25)19-15(17-8-20)18-14(23)11-2-1-3-12(21)13(11)22/h1-8,21-22H,16H2,(H2,17,18,19,20,23). The molecule has 0 spiro atoms. The summed E-state index contributed by atoms with van der Waals surface area (Å²) in [5.74, 6) is -2.95. The highest BCUT2D eigenvalue weighted by Crippen LogP contribution is 2.27. The molecule has 0 fully saturated rings. The van der Waals surface area contributed by atoms with Crippen molar-refractivity contribution in [2.45, 2.75) is 4.90 Å². The van der Waals surface area contributed by atoms with E-state index in [0.29, 0.717) is 5.69 Å². The average molecular weight is 378 g/mol. The van der Waals surface area contributed by atoms with Crippen molar-refractivity contribution in [1.82, 2.24) is 10.6 Å². The van der Waals surface area contributed by atoms with Crippen LogP contribution >= 0.6 is 0 Å². The van der Waals surface area contributed by atoms with Crippen molar-refractivity contribution < 1.29 is 28.2 Å². The van der Waals surface area contributed by atoms with Gasteiger partial charge in [0.1, 0.15) is 0 Å². The van der Waals surface area contributed by atoms with E-state index in [1.807, 2.05) is 10.6 Å². The van der Waals surface area contributed by atoms with E-state index in [-0.39, 0.29) is 16.9 Å². The first-order chi connectivity index (χ1) is 12.2. The third-order valence-corrected chi connectivity index (χ3v) is 4.37. The number of nitrogens with one attached hydrogen (secondary N) is 2. The molecule has 26 heavy (non-hydrogen) atoms. The third-order valence-electron chi connectivity index (χ3n) is 3.08. The molecule has 2 rings (SSSR count). The maximum absolute atomic E-state index is 12.2. The Bertz CT molecular complexity index is 970. The summed E-state index contributed by atoms with van der Waals surface area (Å²) in [6, 6.07) is 8.72. The monoisotopic (exact) mass is 378 g/mol. The van der Waals surface area contributed by atoms with Gasteiger partial charge in [0.2, 0.25) is 12.4 Å². The summed E-state index contributed by atoms with van der Waals surface area (Å²) in [6.45, 7) is 0. The molecule has 0 aromatic heterocycles. The normalized spacial score (nSPS) is 11.6. The smallest absolute Gasteiger partial charge is 0.285 e. The summed E-state index contributed by atoms with van der Waals surface area (Å²) in [6.07, 6.45) is 0.111. The number of hydrogen-bond acceptors (Lipinski definition) is 7. The van der Waals surface area contributed by atoms with Crippen molar-refractivity contribution >= 4 is 34.0 Å². The highest BCUT2D eigenvalue weighted by molar-refractivity contribution is 7.90. The minimum Gasteiger partial charge on any atom is -0.504 e. The number of carbonyl (C=O) groups is 2. The van der Waals surface area contributed by atoms with Gasteiger partial charge >= 0.3 is 0 Å². The van der Waals surface area contributed by atoms with E-state index in [1.165, 1.54) is 36.4 Å². The quantitative estimate of drug-likeness (QED) is 0.162. The molecule has 2 amide bonds. The number of nitrogens with two attached hydrogens (primary N) is 1. The molecule has 0 radical (unpaired) electrons. The molecule has 2 aromatic carbocycles. The van der Waals surface area contributed by atoms with Gasteiger partial charge in [-0.05, 0) is 36.4 Å². The molecule has 0 unspecified atom stereocenters. The van der Waals surface area contributed by atoms with Crippen LogP contribution in [0, 0.1) is 0 Å². The second-order valence-corrected chi connectivity index (χ2v) is 6.48. The van der Waals surface area contributed by atoms with Gasteiger partial charge in [-0.25, -0.2) is 0 Å². The number of aromatic hydroxyl groups is 2. The first kappa shape index (κ1) is 18.7. The van der Waals surface area contributed by atoms with Crippen LogP contribution in [-0.2, 0) is 14.8 Å². The molecule has 0 aliphatic rings. The Balaban J connectivity index is 2.34. The summed E-state index contributed by atoms with van der Waals surface area (Å²) in [5, 5.41) is 23.1. The SMILES string of the molecule is Nc1ccc(S(=O)(=O)/N=C(/NC=O)NC(=O)c2cccc(O)c2O)cc1. The minimum absolute atomic E-state index is 0.111. The summed E-state index contributed by atoms with van der Waals surface area (Å²) in [4.78, 5) is 22.6. The number of benzene rings is 2. The lowest BCUT2D eigenvalue weighted by atomic mass is 10.2. The molecule has 0 bridgehead atoms. The van der Waals surface area contributed by atoms with E-state index in [9.17, 15) is 28.2 Å². The van der Waals surface area contributed by atoms with Crippen LogP contribution in [0.4, 0.5) is 5.69 Å². The fourth-order valence-electron chi connectivity index (χ4n) is 1.84. The summed E-state index contributed by atoms with van der Waals surface area (Å²) < 4.78 is 27.8. The molecule has 0 atom stereocenters. The van der Waals surface area contributed by atoms with Gasteiger partial charge in [0.05, 0.1) is 10.5 Å². The maximum atomic E-state index is 12.2. The predicted octanol–water partition coefficient (Wildman–Crippen LogP) is -0.0993. The van der Waals surface area contributed by atoms with Crippen LogP contribution in [0.15, 0.2) is 51.8 Å². The van der Waals surface area contributed by atoms with Crippen molar-refractivity contribution in [1.29, 1.82) is 0 Å². The van der Waals surface area contributed by atoms with Crippen molar-refractivity contribution in [3.05, 3.63) is 48.0 Å². The van der Waals surface area contributed by atoms with Crippen LogP contribution < -0.4 is 16.4 Å². The Morgan fingerprint density at radius 3 is 2.38 bits per heavy atom. The van der Waals surface area contributed by atoms with E-state index in [1.54, 1.807) is 0 Å². The zero-order valence-corrected chi connectivity index (χ0v) is 13.9. The number of phenols is 2.